The highest BCUT2D eigenvalue weighted by molar-refractivity contribution is 7.45. The van der Waals surface area contributed by atoms with Gasteiger partial charge in [0.15, 0.2) is 0 Å². The number of phosphoric acid groups is 1. The molecule has 0 saturated heterocycles. The topological polar surface area (TPSA) is 108 Å². The number of amides is 1. The summed E-state index contributed by atoms with van der Waals surface area (Å²) < 4.78 is 22.9. The van der Waals surface area contributed by atoms with Crippen LogP contribution in [-0.2, 0) is 18.4 Å². The molecule has 3 atom stereocenters. The number of hydrogen-bond acceptors (Lipinski definition) is 6. The van der Waals surface area contributed by atoms with Gasteiger partial charge < -0.3 is 28.8 Å². The molecular weight excluding hydrogens is 551 g/mol. The van der Waals surface area contributed by atoms with Gasteiger partial charge in [0.1, 0.15) is 13.2 Å². The largest absolute Gasteiger partial charge is 0.756 e. The average Bonchev–Trinajstić information content (AvgIpc) is 2.92. The number of likely N-dealkylation sites (N-methyl/N-ethyl adjacent to an activating group) is 1. The Morgan fingerprint density at radius 2 is 1.38 bits per heavy atom. The lowest BCUT2D eigenvalue weighted by Crippen LogP contribution is -2.45. The van der Waals surface area contributed by atoms with E-state index in [1.807, 2.05) is 27.2 Å². The number of nitrogens with one attached hydrogen (secondary N) is 1. The molecule has 2 N–H and O–H groups in total. The standard InChI is InChI=1S/C33H63N2O6P/c1-6-8-10-12-14-15-16-17-18-19-21-23-25-27-33(37)34-31(32(36)26-24-22-20-13-11-9-7-2)30-41-42(38,39)40-29-28-35(3,4)5/h11,13,15-16,24,26,31-32,36H,6-10,12,14,17-23,25,27-30H2,1-5H3,(H-,34,37,38,39)/b13-11+,16-15-,26-24+. The lowest BCUT2D eigenvalue weighted by molar-refractivity contribution is -0.870. The van der Waals surface area contributed by atoms with Crippen LogP contribution in [0.2, 0.25) is 0 Å². The van der Waals surface area contributed by atoms with Crippen LogP contribution >= 0.6 is 7.82 Å². The van der Waals surface area contributed by atoms with E-state index < -0.39 is 26.6 Å². The van der Waals surface area contributed by atoms with E-state index in [0.717, 1.165) is 64.2 Å². The summed E-state index contributed by atoms with van der Waals surface area (Å²) in [5, 5.41) is 13.5. The Bertz CT molecular complexity index is 794. The van der Waals surface area contributed by atoms with Crippen LogP contribution in [-0.4, -0.2) is 68.5 Å². The van der Waals surface area contributed by atoms with Gasteiger partial charge in [-0.25, -0.2) is 0 Å². The van der Waals surface area contributed by atoms with Gasteiger partial charge in [0, 0.05) is 6.42 Å². The summed E-state index contributed by atoms with van der Waals surface area (Å²) >= 11 is 0. The van der Waals surface area contributed by atoms with E-state index in [-0.39, 0.29) is 12.5 Å². The summed E-state index contributed by atoms with van der Waals surface area (Å²) in [4.78, 5) is 24.9. The Hall–Kier alpha value is -1.28. The molecule has 246 valence electrons. The van der Waals surface area contributed by atoms with E-state index >= 15 is 0 Å². The Labute approximate surface area is 257 Å². The van der Waals surface area contributed by atoms with Crippen LogP contribution in [0.25, 0.3) is 0 Å². The second-order valence-corrected chi connectivity index (χ2v) is 13.6. The van der Waals surface area contributed by atoms with Crippen molar-refractivity contribution in [3.63, 3.8) is 0 Å². The molecule has 0 saturated carbocycles. The maximum Gasteiger partial charge on any atom is 0.268 e. The van der Waals surface area contributed by atoms with Crippen molar-refractivity contribution in [3.05, 3.63) is 36.5 Å². The number of carbonyl (C=O) groups excluding carboxylic acids is 1. The van der Waals surface area contributed by atoms with Gasteiger partial charge in [0.2, 0.25) is 5.91 Å². The van der Waals surface area contributed by atoms with Gasteiger partial charge in [0.05, 0.1) is 39.9 Å². The van der Waals surface area contributed by atoms with Crippen LogP contribution in [0, 0.1) is 0 Å². The minimum Gasteiger partial charge on any atom is -0.756 e. The maximum absolute atomic E-state index is 12.6. The third-order valence-corrected chi connectivity index (χ3v) is 7.77. The quantitative estimate of drug-likeness (QED) is 0.0426. The fourth-order valence-corrected chi connectivity index (χ4v) is 4.83. The minimum atomic E-state index is -4.57. The zero-order valence-corrected chi connectivity index (χ0v) is 28.3. The number of carbonyl (C=O) groups is 1. The monoisotopic (exact) mass is 614 g/mol. The highest BCUT2D eigenvalue weighted by atomic mass is 31.2. The number of rotatable bonds is 28. The van der Waals surface area contributed by atoms with E-state index in [1.54, 1.807) is 6.08 Å². The number of aliphatic hydroxyl groups is 1. The normalized spacial score (nSPS) is 15.5. The number of allylic oxidation sites excluding steroid dienone is 5. The van der Waals surface area contributed by atoms with Crippen molar-refractivity contribution < 1.29 is 32.9 Å². The summed E-state index contributed by atoms with van der Waals surface area (Å²) in [6.07, 6.45) is 27.8. The van der Waals surface area contributed by atoms with E-state index in [9.17, 15) is 19.4 Å². The Morgan fingerprint density at radius 3 is 2.02 bits per heavy atom. The molecule has 0 aromatic carbocycles. The van der Waals surface area contributed by atoms with Crippen molar-refractivity contribution in [2.24, 2.45) is 0 Å². The van der Waals surface area contributed by atoms with Crippen LogP contribution in [0.15, 0.2) is 36.5 Å². The minimum absolute atomic E-state index is 0.00928. The van der Waals surface area contributed by atoms with Crippen molar-refractivity contribution in [1.29, 1.82) is 0 Å². The molecule has 0 aliphatic carbocycles. The third-order valence-electron chi connectivity index (χ3n) is 6.80. The number of quaternary nitrogens is 1. The maximum atomic E-state index is 12.6. The number of phosphoric ester groups is 1. The summed E-state index contributed by atoms with van der Waals surface area (Å²) in [6, 6.07) is -0.901. The molecule has 42 heavy (non-hydrogen) atoms. The van der Waals surface area contributed by atoms with Gasteiger partial charge >= 0.3 is 0 Å². The van der Waals surface area contributed by atoms with Crippen molar-refractivity contribution in [3.8, 4) is 0 Å². The lowest BCUT2D eigenvalue weighted by atomic mass is 10.1. The van der Waals surface area contributed by atoms with E-state index in [1.165, 1.54) is 32.1 Å². The molecule has 0 fully saturated rings. The summed E-state index contributed by atoms with van der Waals surface area (Å²) in [6.45, 7) is 4.44. The number of aliphatic hydroxyl groups excluding tert-OH is 1. The predicted molar refractivity (Wildman–Crippen MR) is 173 cm³/mol. The number of nitrogens with zero attached hydrogens (tertiary/aromatic N) is 1. The van der Waals surface area contributed by atoms with Gasteiger partial charge in [-0.2, -0.15) is 0 Å². The molecule has 0 heterocycles. The Balaban J connectivity index is 4.59. The first-order valence-electron chi connectivity index (χ1n) is 16.4. The smallest absolute Gasteiger partial charge is 0.268 e. The van der Waals surface area contributed by atoms with E-state index in [2.05, 4.69) is 43.5 Å². The Morgan fingerprint density at radius 1 is 0.810 bits per heavy atom. The van der Waals surface area contributed by atoms with Crippen LogP contribution in [0.5, 0.6) is 0 Å². The molecule has 0 spiro atoms. The summed E-state index contributed by atoms with van der Waals surface area (Å²) in [7, 11) is 1.22. The van der Waals surface area contributed by atoms with Crippen LogP contribution < -0.4 is 10.2 Å². The molecule has 0 bridgehead atoms. The molecule has 0 rings (SSSR count). The van der Waals surface area contributed by atoms with Crippen molar-refractivity contribution in [1.82, 2.24) is 5.32 Å². The van der Waals surface area contributed by atoms with Crippen LogP contribution in [0.3, 0.4) is 0 Å². The average molecular weight is 615 g/mol. The van der Waals surface area contributed by atoms with Gasteiger partial charge in [-0.3, -0.25) is 9.36 Å². The Kier molecular flexibility index (Phi) is 25.4. The molecule has 8 nitrogen and oxygen atoms in total. The molecule has 0 aromatic rings. The fourth-order valence-electron chi connectivity index (χ4n) is 4.11. The van der Waals surface area contributed by atoms with Crippen LogP contribution in [0.1, 0.15) is 117 Å². The second-order valence-electron chi connectivity index (χ2n) is 12.1. The van der Waals surface area contributed by atoms with Gasteiger partial charge in [-0.05, 0) is 51.4 Å². The van der Waals surface area contributed by atoms with Gasteiger partial charge in [-0.15, -0.1) is 0 Å². The van der Waals surface area contributed by atoms with E-state index in [0.29, 0.717) is 17.4 Å². The SMILES string of the molecule is CCC/C=C/CC/C=C/C(O)C(COP(=O)([O-])OCC[N+](C)(C)C)NC(=O)CCCCCCC/C=C\CCCCCC. The van der Waals surface area contributed by atoms with Crippen molar-refractivity contribution in [2.45, 2.75) is 129 Å². The lowest BCUT2D eigenvalue weighted by Gasteiger charge is -2.29. The zero-order valence-electron chi connectivity index (χ0n) is 27.4. The molecular formula is C33H63N2O6P. The first-order chi connectivity index (χ1) is 20.0. The third kappa shape index (κ3) is 27.5. The summed E-state index contributed by atoms with van der Waals surface area (Å²) in [5.74, 6) is -0.226. The van der Waals surface area contributed by atoms with Crippen LogP contribution in [0.4, 0.5) is 0 Å². The first-order valence-corrected chi connectivity index (χ1v) is 17.8. The molecule has 0 radical (unpaired) electrons. The fraction of sp³-hybridized carbons (Fsp3) is 0.788. The predicted octanol–water partition coefficient (Wildman–Crippen LogP) is 6.99. The molecule has 0 aliphatic rings. The number of hydrogen-bond donors (Lipinski definition) is 2. The highest BCUT2D eigenvalue weighted by Crippen LogP contribution is 2.38. The second kappa shape index (κ2) is 26.2. The molecule has 1 amide bonds. The highest BCUT2D eigenvalue weighted by Gasteiger charge is 2.23. The number of unbranched alkanes of at least 4 members (excludes halogenated alkanes) is 11. The first kappa shape index (κ1) is 40.7. The summed E-state index contributed by atoms with van der Waals surface area (Å²) in [5.41, 5.74) is 0. The van der Waals surface area contributed by atoms with Crippen molar-refractivity contribution in [2.75, 3.05) is 40.9 Å². The molecule has 0 aliphatic heterocycles. The zero-order chi connectivity index (χ0) is 31.5. The van der Waals surface area contributed by atoms with Crippen molar-refractivity contribution >= 4 is 13.7 Å². The van der Waals surface area contributed by atoms with E-state index in [4.69, 9.17) is 9.05 Å². The molecule has 9 heteroatoms. The molecule has 0 aromatic heterocycles. The van der Waals surface area contributed by atoms with Gasteiger partial charge in [-0.1, -0.05) is 95.2 Å². The van der Waals surface area contributed by atoms with Gasteiger partial charge in [0.25, 0.3) is 7.82 Å². The molecule has 3 unspecified atom stereocenters.